The Kier molecular flexibility index (Phi) is 4.01. The van der Waals surface area contributed by atoms with Crippen LogP contribution in [0.4, 0.5) is 0 Å². The zero-order valence-corrected chi connectivity index (χ0v) is 6.01. The lowest BCUT2D eigenvalue weighted by Crippen LogP contribution is -2.01. The van der Waals surface area contributed by atoms with Crippen LogP contribution in [0.15, 0.2) is 0 Å². The highest BCUT2D eigenvalue weighted by atomic mass is 31.2. The molecule has 1 unspecified atom stereocenters. The van der Waals surface area contributed by atoms with E-state index in [4.69, 9.17) is 5.26 Å². The van der Waals surface area contributed by atoms with Crippen LogP contribution in [0.1, 0.15) is 13.3 Å². The first-order valence-corrected chi connectivity index (χ1v) is 4.22. The maximum absolute atomic E-state index is 10.7. The highest BCUT2D eigenvalue weighted by molar-refractivity contribution is 7.53. The highest BCUT2D eigenvalue weighted by Gasteiger charge is 2.21. The monoisotopic (exact) mass is 155 g/mol. The quantitative estimate of drug-likeness (QED) is 0.359. The lowest BCUT2D eigenvalue weighted by atomic mass is 10.6. The molecule has 0 aliphatic rings. The molecule has 1 atom stereocenters. The van der Waals surface area contributed by atoms with Gasteiger partial charge in [0, 0.05) is 0 Å². The van der Waals surface area contributed by atoms with Gasteiger partial charge in [0.2, 0.25) is 0 Å². The topological polar surface area (TPSA) is 81.8 Å². The predicted molar refractivity (Wildman–Crippen MR) is 31.8 cm³/mol. The minimum absolute atomic E-state index is 0.125. The van der Waals surface area contributed by atoms with Crippen molar-refractivity contribution in [3.63, 3.8) is 0 Å². The summed E-state index contributed by atoms with van der Waals surface area (Å²) in [6.45, 7) is 1.77. The molecule has 0 aliphatic carbocycles. The summed E-state index contributed by atoms with van der Waals surface area (Å²) in [6, 6.07) is 0. The van der Waals surface area contributed by atoms with Crippen molar-refractivity contribution in [2.45, 2.75) is 13.3 Å². The number of hydrogen-bond acceptors (Lipinski definition) is 5. The predicted octanol–water partition coefficient (Wildman–Crippen LogP) is 0.969. The molecule has 0 spiro atoms. The summed E-state index contributed by atoms with van der Waals surface area (Å²) < 4.78 is 18.2. The summed E-state index contributed by atoms with van der Waals surface area (Å²) in [5, 5.41) is 7.95. The molecule has 0 aromatic carbocycles. The van der Waals surface area contributed by atoms with Crippen molar-refractivity contribution in [3.05, 3.63) is 0 Å². The van der Waals surface area contributed by atoms with Gasteiger partial charge >= 0.3 is 7.60 Å². The number of nitrogens with two attached hydrogens (primary N) is 1. The van der Waals surface area contributed by atoms with Crippen molar-refractivity contribution in [3.8, 4) is 0 Å². The van der Waals surface area contributed by atoms with Crippen LogP contribution in [-0.4, -0.2) is 11.4 Å². The second kappa shape index (κ2) is 3.98. The minimum Gasteiger partial charge on any atom is -0.256 e. The molecular formula is C3H10NO4P. The minimum atomic E-state index is -3.35. The van der Waals surface area contributed by atoms with Gasteiger partial charge in [-0.2, -0.15) is 4.67 Å². The Hall–Kier alpha value is 0.0700. The number of rotatable bonds is 4. The number of hydrogen-bond donors (Lipinski definition) is 2. The summed E-state index contributed by atoms with van der Waals surface area (Å²) in [6.07, 6.45) is 0.703. The molecule has 0 bridgehead atoms. The second-order valence-corrected chi connectivity index (χ2v) is 3.56. The molecule has 5 nitrogen and oxygen atoms in total. The summed E-state index contributed by atoms with van der Waals surface area (Å²) in [4.78, 5) is 0. The fourth-order valence-electron chi connectivity index (χ4n) is 0.387. The van der Waals surface area contributed by atoms with E-state index in [-0.39, 0.29) is 6.16 Å². The lowest BCUT2D eigenvalue weighted by Gasteiger charge is -2.07. The smallest absolute Gasteiger partial charge is 0.256 e. The molecule has 0 aromatic heterocycles. The molecule has 56 valence electrons. The Morgan fingerprint density at radius 3 is 2.44 bits per heavy atom. The SMILES string of the molecule is CCCP(=O)(ON)OO. The molecule has 3 N–H and O–H groups in total. The van der Waals surface area contributed by atoms with Gasteiger partial charge in [-0.1, -0.05) is 6.92 Å². The van der Waals surface area contributed by atoms with Crippen LogP contribution in [-0.2, 0) is 13.9 Å². The Balaban J connectivity index is 3.78. The Labute approximate surface area is 53.2 Å². The van der Waals surface area contributed by atoms with Crippen LogP contribution in [0, 0.1) is 0 Å². The van der Waals surface area contributed by atoms with Crippen LogP contribution in [0.25, 0.3) is 0 Å². The molecular weight excluding hydrogens is 145 g/mol. The standard InChI is InChI=1S/C3H10NO4P/c1-2-3-9(6,7-4)8-5/h5H,2-4H2,1H3. The van der Waals surface area contributed by atoms with Crippen molar-refractivity contribution in [2.75, 3.05) is 6.16 Å². The van der Waals surface area contributed by atoms with Gasteiger partial charge in [-0.25, -0.2) is 15.8 Å². The summed E-state index contributed by atoms with van der Waals surface area (Å²) >= 11 is 0. The van der Waals surface area contributed by atoms with Gasteiger partial charge in [-0.15, -0.1) is 0 Å². The molecule has 0 amide bonds. The van der Waals surface area contributed by atoms with Crippen LogP contribution >= 0.6 is 7.60 Å². The highest BCUT2D eigenvalue weighted by Crippen LogP contribution is 2.45. The molecule has 0 aliphatic heterocycles. The van der Waals surface area contributed by atoms with Gasteiger partial charge in [0.15, 0.2) is 0 Å². The molecule has 0 saturated heterocycles. The largest absolute Gasteiger partial charge is 0.373 e. The van der Waals surface area contributed by atoms with E-state index < -0.39 is 7.60 Å². The molecule has 0 heterocycles. The first-order chi connectivity index (χ1) is 4.18. The summed E-state index contributed by atoms with van der Waals surface area (Å²) in [5.74, 6) is 4.56. The molecule has 0 aromatic rings. The van der Waals surface area contributed by atoms with E-state index in [1.165, 1.54) is 0 Å². The Bertz CT molecular complexity index is 108. The Morgan fingerprint density at radius 1 is 1.78 bits per heavy atom. The van der Waals surface area contributed by atoms with Crippen molar-refractivity contribution in [2.24, 2.45) is 5.90 Å². The average molecular weight is 155 g/mol. The van der Waals surface area contributed by atoms with Gasteiger partial charge in [0.05, 0.1) is 6.16 Å². The zero-order chi connectivity index (χ0) is 7.33. The third kappa shape index (κ3) is 2.93. The fourth-order valence-corrected chi connectivity index (χ4v) is 1.16. The van der Waals surface area contributed by atoms with Crippen LogP contribution in [0.3, 0.4) is 0 Å². The molecule has 6 heteroatoms. The van der Waals surface area contributed by atoms with E-state index in [0.717, 1.165) is 0 Å². The third-order valence-corrected chi connectivity index (χ3v) is 2.35. The normalized spacial score (nSPS) is 17.2. The van der Waals surface area contributed by atoms with Crippen molar-refractivity contribution in [1.29, 1.82) is 0 Å². The van der Waals surface area contributed by atoms with Gasteiger partial charge in [-0.3, -0.25) is 4.57 Å². The summed E-state index contributed by atoms with van der Waals surface area (Å²) in [5.41, 5.74) is 0. The first-order valence-electron chi connectivity index (χ1n) is 2.49. The van der Waals surface area contributed by atoms with Crippen molar-refractivity contribution >= 4 is 7.60 Å². The fraction of sp³-hybridized carbons (Fsp3) is 1.00. The molecule has 0 rings (SSSR count). The van der Waals surface area contributed by atoms with E-state index in [2.05, 4.69) is 15.2 Å². The molecule has 0 saturated carbocycles. The van der Waals surface area contributed by atoms with Crippen LogP contribution < -0.4 is 5.90 Å². The van der Waals surface area contributed by atoms with Gasteiger partial charge < -0.3 is 0 Å². The lowest BCUT2D eigenvalue weighted by molar-refractivity contribution is -0.149. The molecule has 0 fully saturated rings. The first kappa shape index (κ1) is 9.07. The van der Waals surface area contributed by atoms with Gasteiger partial charge in [-0.05, 0) is 6.42 Å². The van der Waals surface area contributed by atoms with Crippen molar-refractivity contribution in [1.82, 2.24) is 0 Å². The van der Waals surface area contributed by atoms with Gasteiger partial charge in [0.25, 0.3) is 0 Å². The maximum atomic E-state index is 10.7. The van der Waals surface area contributed by atoms with E-state index >= 15 is 0 Å². The molecule has 9 heavy (non-hydrogen) atoms. The van der Waals surface area contributed by atoms with E-state index in [9.17, 15) is 4.57 Å². The van der Waals surface area contributed by atoms with Crippen molar-refractivity contribution < 1.29 is 19.1 Å². The van der Waals surface area contributed by atoms with E-state index in [0.29, 0.717) is 6.42 Å². The molecule has 0 radical (unpaired) electrons. The van der Waals surface area contributed by atoms with Gasteiger partial charge in [0.1, 0.15) is 0 Å². The average Bonchev–Trinajstić information content (AvgIpc) is 1.89. The van der Waals surface area contributed by atoms with Crippen LogP contribution in [0.2, 0.25) is 0 Å². The van der Waals surface area contributed by atoms with E-state index in [1.807, 2.05) is 0 Å². The zero-order valence-electron chi connectivity index (χ0n) is 5.11. The third-order valence-electron chi connectivity index (χ3n) is 0.782. The summed E-state index contributed by atoms with van der Waals surface area (Å²) in [7, 11) is -3.35. The second-order valence-electron chi connectivity index (χ2n) is 1.52. The Morgan fingerprint density at radius 2 is 2.33 bits per heavy atom. The van der Waals surface area contributed by atoms with Crippen LogP contribution in [0.5, 0.6) is 0 Å². The maximum Gasteiger partial charge on any atom is 0.373 e. The van der Waals surface area contributed by atoms with E-state index in [1.54, 1.807) is 6.92 Å².